The van der Waals surface area contributed by atoms with Crippen LogP contribution >= 0.6 is 12.2 Å². The van der Waals surface area contributed by atoms with Crippen LogP contribution in [0.2, 0.25) is 0 Å². The second kappa shape index (κ2) is 12.5. The molecule has 0 heterocycles. The van der Waals surface area contributed by atoms with E-state index in [0.29, 0.717) is 29.7 Å². The smallest absolute Gasteiger partial charge is 0.328 e. The molecule has 0 aromatic heterocycles. The van der Waals surface area contributed by atoms with Gasteiger partial charge in [-0.1, -0.05) is 29.3 Å². The van der Waals surface area contributed by atoms with Gasteiger partial charge in [-0.15, -0.1) is 0 Å². The fraction of sp³-hybridized carbons (Fsp3) is 0.292. The van der Waals surface area contributed by atoms with Crippen LogP contribution in [0.5, 0.6) is 5.75 Å². The summed E-state index contributed by atoms with van der Waals surface area (Å²) >= 11 is 4.65. The predicted octanol–water partition coefficient (Wildman–Crippen LogP) is 2.72. The van der Waals surface area contributed by atoms with Gasteiger partial charge in [-0.2, -0.15) is 0 Å². The lowest BCUT2D eigenvalue weighted by atomic mass is 10.0. The third-order valence-corrected chi connectivity index (χ3v) is 4.80. The highest BCUT2D eigenvalue weighted by atomic mass is 32.1. The van der Waals surface area contributed by atoms with Crippen molar-refractivity contribution in [2.45, 2.75) is 38.3 Å². The van der Waals surface area contributed by atoms with E-state index in [4.69, 9.17) is 9.84 Å². The zero-order valence-electron chi connectivity index (χ0n) is 17.6. The molecule has 168 valence electrons. The molecule has 0 aliphatic carbocycles. The molecule has 0 saturated heterocycles. The minimum Gasteiger partial charge on any atom is -0.494 e. The number of hydrogen-bond acceptors (Lipinski definition) is 6. The van der Waals surface area contributed by atoms with Crippen molar-refractivity contribution in [2.75, 3.05) is 6.61 Å². The van der Waals surface area contributed by atoms with Crippen LogP contribution in [-0.4, -0.2) is 51.6 Å². The molecule has 2 aromatic rings. The molecule has 2 atom stereocenters. The lowest BCUT2D eigenvalue weighted by molar-refractivity contribution is -0.144. The first kappa shape index (κ1) is 24.9. The van der Waals surface area contributed by atoms with Crippen molar-refractivity contribution in [3.8, 4) is 5.75 Å². The third-order valence-electron chi connectivity index (χ3n) is 4.64. The van der Waals surface area contributed by atoms with E-state index in [9.17, 15) is 19.5 Å². The number of ketones is 1. The van der Waals surface area contributed by atoms with Gasteiger partial charge in [0.25, 0.3) is 0 Å². The predicted molar refractivity (Wildman–Crippen MR) is 123 cm³/mol. The second-order valence-electron chi connectivity index (χ2n) is 7.15. The number of rotatable bonds is 12. The van der Waals surface area contributed by atoms with Crippen LogP contribution in [0, 0.1) is 0 Å². The van der Waals surface area contributed by atoms with Gasteiger partial charge < -0.3 is 20.3 Å². The normalized spacial score (nSPS) is 12.2. The first-order valence-corrected chi connectivity index (χ1v) is 10.5. The number of carbonyl (C=O) groups excluding carboxylic acids is 2. The second-order valence-corrected chi connectivity index (χ2v) is 7.39. The summed E-state index contributed by atoms with van der Waals surface area (Å²) in [6.45, 7) is 1.54. The average Bonchev–Trinajstić information content (AvgIpc) is 2.78. The number of thiocarbonyl (C=S) groups is 1. The van der Waals surface area contributed by atoms with Crippen molar-refractivity contribution in [3.63, 3.8) is 0 Å². The van der Waals surface area contributed by atoms with Crippen molar-refractivity contribution < 1.29 is 29.3 Å². The number of allylic oxidation sites excluding steroid dienone is 1. The van der Waals surface area contributed by atoms with Gasteiger partial charge in [-0.05, 0) is 67.9 Å². The number of carboxylic acid groups (broad SMARTS) is 1. The van der Waals surface area contributed by atoms with E-state index in [2.05, 4.69) is 22.6 Å². The van der Waals surface area contributed by atoms with Crippen LogP contribution < -0.4 is 10.1 Å². The maximum atomic E-state index is 12.6. The number of ether oxygens (including phenoxy) is 1. The van der Waals surface area contributed by atoms with Gasteiger partial charge in [0, 0.05) is 17.5 Å². The maximum absolute atomic E-state index is 12.6. The molecule has 0 bridgehead atoms. The average molecular weight is 456 g/mol. The first-order valence-electron chi connectivity index (χ1n) is 10.1. The summed E-state index contributed by atoms with van der Waals surface area (Å²) in [5, 5.41) is 23.2. The molecule has 3 N–H and O–H groups in total. The topological polar surface area (TPSA) is 113 Å². The molecule has 7 nitrogen and oxygen atoms in total. The number of benzene rings is 2. The Morgan fingerprint density at radius 1 is 1.09 bits per heavy atom. The van der Waals surface area contributed by atoms with Crippen LogP contribution in [0.15, 0.2) is 54.6 Å². The molecule has 0 saturated carbocycles. The maximum Gasteiger partial charge on any atom is 0.328 e. The van der Waals surface area contributed by atoms with Crippen LogP contribution in [0.3, 0.4) is 0 Å². The molecule has 2 rings (SSSR count). The summed E-state index contributed by atoms with van der Waals surface area (Å²) in [5.74, 6) is -1.32. The van der Waals surface area contributed by atoms with E-state index in [1.54, 1.807) is 42.5 Å². The monoisotopic (exact) mass is 455 g/mol. The number of nitrogens with one attached hydrogen (secondary N) is 1. The Labute approximate surface area is 191 Å². The van der Waals surface area contributed by atoms with Crippen LogP contribution in [0.1, 0.15) is 41.3 Å². The molecular formula is C24H25NO6S. The van der Waals surface area contributed by atoms with Gasteiger partial charge in [-0.3, -0.25) is 9.59 Å². The quantitative estimate of drug-likeness (QED) is 0.256. The van der Waals surface area contributed by atoms with E-state index in [1.165, 1.54) is 6.92 Å². The van der Waals surface area contributed by atoms with Crippen molar-refractivity contribution in [1.29, 1.82) is 0 Å². The van der Waals surface area contributed by atoms with Gasteiger partial charge >= 0.3 is 5.97 Å². The lowest BCUT2D eigenvalue weighted by Gasteiger charge is -2.16. The Morgan fingerprint density at radius 3 is 2.22 bits per heavy atom. The lowest BCUT2D eigenvalue weighted by Crippen LogP contribution is -2.47. The highest BCUT2D eigenvalue weighted by Crippen LogP contribution is 2.16. The SMILES string of the molecule is CC(O)C(NC(=O)CCCOc1ccc(C(=O)c2ccc(CC=C=S)cc2)cc1)C(=O)O. The molecule has 1 amide bonds. The minimum absolute atomic E-state index is 0.0589. The van der Waals surface area contributed by atoms with Crippen molar-refractivity contribution in [2.24, 2.45) is 0 Å². The van der Waals surface area contributed by atoms with E-state index in [-0.39, 0.29) is 18.8 Å². The minimum atomic E-state index is -1.34. The number of aliphatic hydroxyl groups excluding tert-OH is 1. The van der Waals surface area contributed by atoms with E-state index in [1.807, 2.05) is 12.1 Å². The Morgan fingerprint density at radius 2 is 1.69 bits per heavy atom. The van der Waals surface area contributed by atoms with E-state index < -0.39 is 24.0 Å². The van der Waals surface area contributed by atoms with Gasteiger partial charge in [0.15, 0.2) is 11.8 Å². The molecule has 0 radical (unpaired) electrons. The number of aliphatic hydroxyl groups is 1. The number of carboxylic acids is 1. The zero-order valence-corrected chi connectivity index (χ0v) is 18.4. The molecule has 2 aromatic carbocycles. The highest BCUT2D eigenvalue weighted by molar-refractivity contribution is 7.78. The summed E-state index contributed by atoms with van der Waals surface area (Å²) in [4.78, 5) is 35.4. The van der Waals surface area contributed by atoms with Gasteiger partial charge in [-0.25, -0.2) is 4.79 Å². The van der Waals surface area contributed by atoms with Crippen molar-refractivity contribution >= 4 is 34.9 Å². The molecule has 8 heteroatoms. The molecule has 2 unspecified atom stereocenters. The third kappa shape index (κ3) is 7.74. The molecule has 32 heavy (non-hydrogen) atoms. The number of carbonyl (C=O) groups is 3. The fourth-order valence-corrected chi connectivity index (χ4v) is 2.96. The Hall–Kier alpha value is -3.32. The van der Waals surface area contributed by atoms with Gasteiger partial charge in [0.05, 0.1) is 12.7 Å². The van der Waals surface area contributed by atoms with E-state index in [0.717, 1.165) is 5.56 Å². The fourth-order valence-electron chi connectivity index (χ4n) is 2.88. The van der Waals surface area contributed by atoms with Gasteiger partial charge in [0.2, 0.25) is 5.91 Å². The Bertz CT molecular complexity index is 979. The molecule has 0 fully saturated rings. The van der Waals surface area contributed by atoms with Gasteiger partial charge in [0.1, 0.15) is 5.75 Å². The zero-order chi connectivity index (χ0) is 23.5. The van der Waals surface area contributed by atoms with Crippen molar-refractivity contribution in [3.05, 3.63) is 71.3 Å². The molecular weight excluding hydrogens is 430 g/mol. The van der Waals surface area contributed by atoms with E-state index >= 15 is 0 Å². The summed E-state index contributed by atoms with van der Waals surface area (Å²) < 4.78 is 5.58. The molecule has 0 aliphatic heterocycles. The Balaban J connectivity index is 1.81. The van der Waals surface area contributed by atoms with Crippen LogP contribution in [0.4, 0.5) is 0 Å². The largest absolute Gasteiger partial charge is 0.494 e. The van der Waals surface area contributed by atoms with Crippen molar-refractivity contribution in [1.82, 2.24) is 5.32 Å². The number of hydrogen-bond donors (Lipinski definition) is 3. The Kier molecular flexibility index (Phi) is 9.76. The first-order chi connectivity index (χ1) is 15.3. The van der Waals surface area contributed by atoms with Crippen LogP contribution in [0.25, 0.3) is 0 Å². The summed E-state index contributed by atoms with van der Waals surface area (Å²) in [6.07, 6.45) is 1.65. The standard InChI is InChI=1S/C24H25NO6S/c1-16(26)22(24(29)30)25-21(27)5-2-14-31-20-12-10-19(11-13-20)23(28)18-8-6-17(7-9-18)4-3-15-32/h3,6-13,16,22,26H,2,4-5,14H2,1H3,(H,25,27)(H,29,30). The molecule has 0 spiro atoms. The van der Waals surface area contributed by atoms with Crippen LogP contribution in [-0.2, 0) is 16.0 Å². The summed E-state index contributed by atoms with van der Waals surface area (Å²) in [7, 11) is 0. The highest BCUT2D eigenvalue weighted by Gasteiger charge is 2.24. The summed E-state index contributed by atoms with van der Waals surface area (Å²) in [5.41, 5.74) is 2.15. The molecule has 0 aliphatic rings. The summed E-state index contributed by atoms with van der Waals surface area (Å²) in [6, 6.07) is 12.7. The number of amides is 1. The number of aliphatic carboxylic acids is 1.